The summed E-state index contributed by atoms with van der Waals surface area (Å²) in [6.07, 6.45) is 1.78. The molecule has 0 atom stereocenters. The van der Waals surface area contributed by atoms with Crippen LogP contribution in [-0.4, -0.2) is 5.97 Å². The molecule has 0 N–H and O–H groups in total. The van der Waals surface area contributed by atoms with Crippen LogP contribution in [0.25, 0.3) is 6.08 Å². The molecule has 2 nitrogen and oxygen atoms in total. The first kappa shape index (κ1) is 9.45. The maximum absolute atomic E-state index is 11.7. The summed E-state index contributed by atoms with van der Waals surface area (Å²) in [6, 6.07) is 6.54. The average Bonchev–Trinajstić information content (AvgIpc) is 2.08. The molecule has 68 valence electrons. The van der Waals surface area contributed by atoms with E-state index in [0.717, 1.165) is 5.56 Å². The van der Waals surface area contributed by atoms with Gasteiger partial charge in [0.2, 0.25) is 0 Å². The smallest absolute Gasteiger partial charge is 0.308 e. The second-order valence-electron chi connectivity index (χ2n) is 2.46. The van der Waals surface area contributed by atoms with Gasteiger partial charge in [0.05, 0.1) is 6.33 Å². The number of hydrogen-bond acceptors (Lipinski definition) is 2. The molecule has 0 saturated heterocycles. The summed E-state index contributed by atoms with van der Waals surface area (Å²) in [5, 5.41) is 0. The summed E-state index contributed by atoms with van der Waals surface area (Å²) < 4.78 is 16.5. The third-order valence-corrected chi connectivity index (χ3v) is 1.40. The fourth-order valence-electron chi connectivity index (χ4n) is 0.886. The minimum atomic E-state index is -0.367. The van der Waals surface area contributed by atoms with Crippen molar-refractivity contribution >= 4 is 12.0 Å². The van der Waals surface area contributed by atoms with Gasteiger partial charge in [0, 0.05) is 6.92 Å². The third-order valence-electron chi connectivity index (χ3n) is 1.40. The van der Waals surface area contributed by atoms with E-state index >= 15 is 0 Å². The van der Waals surface area contributed by atoms with Gasteiger partial charge in [-0.25, -0.2) is 4.39 Å². The highest BCUT2D eigenvalue weighted by atomic mass is 19.1. The molecule has 0 spiro atoms. The van der Waals surface area contributed by atoms with Gasteiger partial charge in [-0.3, -0.25) is 4.79 Å². The van der Waals surface area contributed by atoms with E-state index in [1.807, 2.05) is 0 Å². The van der Waals surface area contributed by atoms with Gasteiger partial charge in [0.15, 0.2) is 0 Å². The zero-order valence-electron chi connectivity index (χ0n) is 7.16. The van der Waals surface area contributed by atoms with Crippen LogP contribution in [0.4, 0.5) is 4.39 Å². The zero-order chi connectivity index (χ0) is 9.68. The Kier molecular flexibility index (Phi) is 3.20. The molecule has 1 rings (SSSR count). The number of carbonyl (C=O) groups is 1. The molecule has 13 heavy (non-hydrogen) atoms. The van der Waals surface area contributed by atoms with Crippen LogP contribution < -0.4 is 4.74 Å². The van der Waals surface area contributed by atoms with Crippen molar-refractivity contribution in [3.63, 3.8) is 0 Å². The van der Waals surface area contributed by atoms with Crippen molar-refractivity contribution in [2.45, 2.75) is 6.92 Å². The molecular formula is C10H9FO2. The van der Waals surface area contributed by atoms with E-state index in [9.17, 15) is 9.18 Å². The first-order chi connectivity index (χ1) is 6.22. The zero-order valence-corrected chi connectivity index (χ0v) is 7.16. The van der Waals surface area contributed by atoms with Gasteiger partial charge in [-0.1, -0.05) is 12.1 Å². The van der Waals surface area contributed by atoms with Crippen molar-refractivity contribution in [1.82, 2.24) is 0 Å². The van der Waals surface area contributed by atoms with E-state index < -0.39 is 0 Å². The second-order valence-corrected chi connectivity index (χ2v) is 2.46. The van der Waals surface area contributed by atoms with Gasteiger partial charge in [-0.2, -0.15) is 0 Å². The van der Waals surface area contributed by atoms with E-state index in [0.29, 0.717) is 12.1 Å². The van der Waals surface area contributed by atoms with Crippen molar-refractivity contribution in [3.05, 3.63) is 36.2 Å². The van der Waals surface area contributed by atoms with Gasteiger partial charge >= 0.3 is 5.97 Å². The van der Waals surface area contributed by atoms with Crippen molar-refractivity contribution in [3.8, 4) is 5.75 Å². The molecule has 0 unspecified atom stereocenters. The fourth-order valence-corrected chi connectivity index (χ4v) is 0.886. The number of halogens is 1. The van der Waals surface area contributed by atoms with E-state index in [2.05, 4.69) is 0 Å². The van der Waals surface area contributed by atoms with Gasteiger partial charge in [0.1, 0.15) is 5.75 Å². The van der Waals surface area contributed by atoms with Crippen molar-refractivity contribution in [2.24, 2.45) is 0 Å². The highest BCUT2D eigenvalue weighted by Gasteiger charge is 1.96. The molecule has 0 bridgehead atoms. The van der Waals surface area contributed by atoms with Gasteiger partial charge in [-0.15, -0.1) is 0 Å². The first-order valence-corrected chi connectivity index (χ1v) is 3.77. The summed E-state index contributed by atoms with van der Waals surface area (Å²) in [7, 11) is 0. The Balaban J connectivity index is 2.75. The largest absolute Gasteiger partial charge is 0.427 e. The molecule has 0 amide bonds. The topological polar surface area (TPSA) is 26.3 Å². The Hall–Kier alpha value is -1.64. The molecule has 0 aliphatic carbocycles. The molecule has 0 aromatic heterocycles. The summed E-state index contributed by atoms with van der Waals surface area (Å²) in [5.74, 6) is 0.0947. The molecule has 0 radical (unpaired) electrons. The number of rotatable bonds is 2. The predicted molar refractivity (Wildman–Crippen MR) is 47.9 cm³/mol. The molecule has 0 heterocycles. The van der Waals surface area contributed by atoms with E-state index in [1.54, 1.807) is 24.3 Å². The Labute approximate surface area is 75.6 Å². The van der Waals surface area contributed by atoms with Crippen LogP contribution in [0.2, 0.25) is 0 Å². The van der Waals surface area contributed by atoms with Crippen LogP contribution in [0.15, 0.2) is 30.6 Å². The lowest BCUT2D eigenvalue weighted by Gasteiger charge is -2.00. The number of hydrogen-bond donors (Lipinski definition) is 0. The lowest BCUT2D eigenvalue weighted by atomic mass is 10.2. The maximum atomic E-state index is 11.7. The molecule has 0 aliphatic heterocycles. The molecule has 1 aromatic rings. The SMILES string of the molecule is CC(=O)Oc1ccc(C=CF)cc1. The highest BCUT2D eigenvalue weighted by molar-refractivity contribution is 5.69. The van der Waals surface area contributed by atoms with Crippen molar-refractivity contribution in [1.29, 1.82) is 0 Å². The van der Waals surface area contributed by atoms with E-state index in [1.165, 1.54) is 13.0 Å². The Morgan fingerprint density at radius 3 is 2.46 bits per heavy atom. The maximum Gasteiger partial charge on any atom is 0.308 e. The number of carbonyl (C=O) groups excluding carboxylic acids is 1. The van der Waals surface area contributed by atoms with Crippen molar-refractivity contribution < 1.29 is 13.9 Å². The summed E-state index contributed by atoms with van der Waals surface area (Å²) in [5.41, 5.74) is 0.721. The summed E-state index contributed by atoms with van der Waals surface area (Å²) in [6.45, 7) is 1.33. The van der Waals surface area contributed by atoms with Gasteiger partial charge < -0.3 is 4.74 Å². The van der Waals surface area contributed by atoms with E-state index in [-0.39, 0.29) is 5.97 Å². The van der Waals surface area contributed by atoms with Crippen LogP contribution in [0.3, 0.4) is 0 Å². The second kappa shape index (κ2) is 4.40. The molecule has 0 saturated carbocycles. The first-order valence-electron chi connectivity index (χ1n) is 3.77. The summed E-state index contributed by atoms with van der Waals surface area (Å²) >= 11 is 0. The molecule has 1 aromatic carbocycles. The number of benzene rings is 1. The van der Waals surface area contributed by atoms with Crippen LogP contribution in [0, 0.1) is 0 Å². The predicted octanol–water partition coefficient (Wildman–Crippen LogP) is 2.55. The summed E-state index contributed by atoms with van der Waals surface area (Å²) in [4.78, 5) is 10.5. The number of ether oxygens (including phenoxy) is 1. The Morgan fingerprint density at radius 1 is 1.38 bits per heavy atom. The van der Waals surface area contributed by atoms with Crippen molar-refractivity contribution in [2.75, 3.05) is 0 Å². The molecule has 3 heteroatoms. The standard InChI is InChI=1S/C10H9FO2/c1-8(12)13-10-4-2-9(3-5-10)6-7-11/h2-7H,1H3. The highest BCUT2D eigenvalue weighted by Crippen LogP contribution is 2.13. The monoisotopic (exact) mass is 180 g/mol. The quantitative estimate of drug-likeness (QED) is 0.516. The Bertz CT molecular complexity index is 314. The number of esters is 1. The lowest BCUT2D eigenvalue weighted by molar-refractivity contribution is -0.131. The third kappa shape index (κ3) is 3.07. The minimum Gasteiger partial charge on any atom is -0.427 e. The fraction of sp³-hybridized carbons (Fsp3) is 0.100. The molecular weight excluding hydrogens is 171 g/mol. The van der Waals surface area contributed by atoms with Crippen LogP contribution in [0.5, 0.6) is 5.75 Å². The molecule has 0 aliphatic rings. The Morgan fingerprint density at radius 2 is 2.00 bits per heavy atom. The van der Waals surface area contributed by atoms with Crippen LogP contribution in [-0.2, 0) is 4.79 Å². The normalized spacial score (nSPS) is 10.3. The lowest BCUT2D eigenvalue weighted by Crippen LogP contribution is -2.00. The van der Waals surface area contributed by atoms with Gasteiger partial charge in [-0.05, 0) is 23.8 Å². The van der Waals surface area contributed by atoms with E-state index in [4.69, 9.17) is 4.74 Å². The van der Waals surface area contributed by atoms with Crippen LogP contribution in [0.1, 0.15) is 12.5 Å². The van der Waals surface area contributed by atoms with Crippen LogP contribution >= 0.6 is 0 Å². The van der Waals surface area contributed by atoms with Gasteiger partial charge in [0.25, 0.3) is 0 Å². The minimum absolute atomic E-state index is 0.367. The molecule has 0 fully saturated rings. The average molecular weight is 180 g/mol.